The Kier molecular flexibility index (Phi) is 3.98. The monoisotopic (exact) mass is 268 g/mol. The predicted molar refractivity (Wildman–Crippen MR) is 68.5 cm³/mol. The highest BCUT2D eigenvalue weighted by atomic mass is 32.1. The van der Waals surface area contributed by atoms with Gasteiger partial charge in [-0.05, 0) is 30.4 Å². The van der Waals surface area contributed by atoms with Crippen molar-refractivity contribution >= 4 is 23.2 Å². The van der Waals surface area contributed by atoms with Gasteiger partial charge in [0.1, 0.15) is 6.04 Å². The lowest BCUT2D eigenvalue weighted by Gasteiger charge is -2.27. The second kappa shape index (κ2) is 5.49. The summed E-state index contributed by atoms with van der Waals surface area (Å²) in [4.78, 5) is 25.7. The van der Waals surface area contributed by atoms with Gasteiger partial charge in [0.25, 0.3) is 0 Å². The van der Waals surface area contributed by atoms with Crippen LogP contribution in [-0.4, -0.2) is 41.0 Å². The van der Waals surface area contributed by atoms with Gasteiger partial charge in [0.05, 0.1) is 6.54 Å². The molecular formula is C12H16N2O3S. The molecule has 2 heterocycles. The molecule has 1 aliphatic heterocycles. The maximum atomic E-state index is 11.9. The lowest BCUT2D eigenvalue weighted by atomic mass is 10.1. The minimum absolute atomic E-state index is 0.0417. The van der Waals surface area contributed by atoms with E-state index in [2.05, 4.69) is 5.32 Å². The number of fused-ring (bicyclic) bond motifs is 1. The minimum atomic E-state index is -0.943. The summed E-state index contributed by atoms with van der Waals surface area (Å²) in [5.41, 5.74) is 1.21. The van der Waals surface area contributed by atoms with Crippen LogP contribution < -0.4 is 5.32 Å². The second-order valence-corrected chi connectivity index (χ2v) is 5.38. The topological polar surface area (TPSA) is 69.6 Å². The number of carbonyl (C=O) groups excluding carboxylic acids is 1. The fourth-order valence-electron chi connectivity index (χ4n) is 1.90. The zero-order valence-electron chi connectivity index (χ0n) is 10.2. The zero-order valence-corrected chi connectivity index (χ0v) is 11.0. The molecule has 0 saturated carbocycles. The molecule has 0 radical (unpaired) electrons. The minimum Gasteiger partial charge on any atom is -0.480 e. The summed E-state index contributed by atoms with van der Waals surface area (Å²) >= 11 is 1.73. The van der Waals surface area contributed by atoms with E-state index >= 15 is 0 Å². The highest BCUT2D eigenvalue weighted by molar-refractivity contribution is 7.10. The van der Waals surface area contributed by atoms with Crippen LogP contribution in [0.1, 0.15) is 17.4 Å². The lowest BCUT2D eigenvalue weighted by Crippen LogP contribution is -2.44. The third-order valence-electron chi connectivity index (χ3n) is 3.09. The smallest absolute Gasteiger partial charge is 0.320 e. The van der Waals surface area contributed by atoms with Crippen molar-refractivity contribution < 1.29 is 14.7 Å². The molecule has 1 aromatic heterocycles. The van der Waals surface area contributed by atoms with Crippen LogP contribution in [0.15, 0.2) is 11.4 Å². The van der Waals surface area contributed by atoms with E-state index in [1.54, 1.807) is 16.2 Å². The molecule has 0 spiro atoms. The Morgan fingerprint density at radius 2 is 2.39 bits per heavy atom. The molecule has 0 fully saturated rings. The van der Waals surface area contributed by atoms with Crippen molar-refractivity contribution in [2.45, 2.75) is 25.9 Å². The Balaban J connectivity index is 1.86. The first-order valence-electron chi connectivity index (χ1n) is 5.87. The van der Waals surface area contributed by atoms with Gasteiger partial charge in [0.15, 0.2) is 0 Å². The molecule has 2 N–H and O–H groups in total. The molecule has 0 aliphatic carbocycles. The number of carboxylic acid groups (broad SMARTS) is 1. The quantitative estimate of drug-likeness (QED) is 0.843. The van der Waals surface area contributed by atoms with Crippen molar-refractivity contribution in [2.24, 2.45) is 0 Å². The lowest BCUT2D eigenvalue weighted by molar-refractivity contribution is -0.139. The van der Waals surface area contributed by atoms with Crippen molar-refractivity contribution in [1.82, 2.24) is 10.2 Å². The molecule has 6 heteroatoms. The molecule has 1 amide bonds. The van der Waals surface area contributed by atoms with E-state index in [1.165, 1.54) is 17.4 Å². The fourth-order valence-corrected chi connectivity index (χ4v) is 2.79. The second-order valence-electron chi connectivity index (χ2n) is 4.38. The van der Waals surface area contributed by atoms with Crippen molar-refractivity contribution in [3.8, 4) is 0 Å². The number of carbonyl (C=O) groups is 2. The van der Waals surface area contributed by atoms with E-state index < -0.39 is 12.0 Å². The van der Waals surface area contributed by atoms with Gasteiger partial charge in [0, 0.05) is 18.0 Å². The Morgan fingerprint density at radius 3 is 3.11 bits per heavy atom. The Morgan fingerprint density at radius 1 is 1.61 bits per heavy atom. The Bertz CT molecular complexity index is 458. The van der Waals surface area contributed by atoms with Crippen molar-refractivity contribution in [3.63, 3.8) is 0 Å². The first-order valence-corrected chi connectivity index (χ1v) is 6.75. The molecule has 5 nitrogen and oxygen atoms in total. The summed E-state index contributed by atoms with van der Waals surface area (Å²) in [5.74, 6) is -0.985. The van der Waals surface area contributed by atoms with Gasteiger partial charge in [-0.15, -0.1) is 11.3 Å². The number of nitrogens with one attached hydrogen (secondary N) is 1. The summed E-state index contributed by atoms with van der Waals surface area (Å²) in [6, 6.07) is 1.35. The van der Waals surface area contributed by atoms with Crippen LogP contribution in [0, 0.1) is 0 Å². The fraction of sp³-hybridized carbons (Fsp3) is 0.500. The number of amides is 1. The molecule has 1 aromatic rings. The largest absolute Gasteiger partial charge is 0.480 e. The van der Waals surface area contributed by atoms with E-state index in [4.69, 9.17) is 5.11 Å². The summed E-state index contributed by atoms with van der Waals surface area (Å²) in [7, 11) is 0. The van der Waals surface area contributed by atoms with Crippen molar-refractivity contribution in [1.29, 1.82) is 0 Å². The van der Waals surface area contributed by atoms with Gasteiger partial charge in [-0.3, -0.25) is 14.9 Å². The zero-order chi connectivity index (χ0) is 13.1. The van der Waals surface area contributed by atoms with Crippen LogP contribution in [-0.2, 0) is 22.6 Å². The maximum Gasteiger partial charge on any atom is 0.320 e. The van der Waals surface area contributed by atoms with Gasteiger partial charge >= 0.3 is 5.97 Å². The highest BCUT2D eigenvalue weighted by Crippen LogP contribution is 2.23. The van der Waals surface area contributed by atoms with Gasteiger partial charge in [0.2, 0.25) is 5.91 Å². The van der Waals surface area contributed by atoms with E-state index in [-0.39, 0.29) is 12.5 Å². The molecule has 0 bridgehead atoms. The van der Waals surface area contributed by atoms with Gasteiger partial charge in [-0.2, -0.15) is 0 Å². The number of hydrogen-bond acceptors (Lipinski definition) is 4. The molecule has 0 unspecified atom stereocenters. The number of carboxylic acids is 1. The molecule has 0 saturated heterocycles. The summed E-state index contributed by atoms with van der Waals surface area (Å²) in [6.45, 7) is 2.96. The van der Waals surface area contributed by atoms with E-state index in [0.717, 1.165) is 13.0 Å². The van der Waals surface area contributed by atoms with Gasteiger partial charge in [-0.25, -0.2) is 0 Å². The molecule has 2 rings (SSSR count). The van der Waals surface area contributed by atoms with Crippen LogP contribution in [0.3, 0.4) is 0 Å². The molecule has 18 heavy (non-hydrogen) atoms. The predicted octanol–water partition coefficient (Wildman–Crippen LogP) is 0.696. The SMILES string of the molecule is C[C@H](NCC(=O)N1CCc2sccc2C1)C(=O)O. The molecule has 1 aliphatic rings. The number of thiophene rings is 1. The summed E-state index contributed by atoms with van der Waals surface area (Å²) in [6.07, 6.45) is 0.896. The average Bonchev–Trinajstić information content (AvgIpc) is 2.82. The average molecular weight is 268 g/mol. The number of hydrogen-bond donors (Lipinski definition) is 2. The van der Waals surface area contributed by atoms with Crippen molar-refractivity contribution in [2.75, 3.05) is 13.1 Å². The Hall–Kier alpha value is -1.40. The summed E-state index contributed by atoms with van der Waals surface area (Å²) in [5, 5.41) is 13.5. The first kappa shape index (κ1) is 13.0. The van der Waals surface area contributed by atoms with E-state index in [1.807, 2.05) is 11.4 Å². The van der Waals surface area contributed by atoms with Crippen LogP contribution in [0.25, 0.3) is 0 Å². The molecule has 1 atom stereocenters. The highest BCUT2D eigenvalue weighted by Gasteiger charge is 2.22. The number of rotatable bonds is 4. The maximum absolute atomic E-state index is 11.9. The number of aliphatic carboxylic acids is 1. The third-order valence-corrected chi connectivity index (χ3v) is 4.11. The van der Waals surface area contributed by atoms with E-state index in [9.17, 15) is 9.59 Å². The normalized spacial score (nSPS) is 16.2. The molecular weight excluding hydrogens is 252 g/mol. The summed E-state index contributed by atoms with van der Waals surface area (Å²) < 4.78 is 0. The molecule has 0 aromatic carbocycles. The van der Waals surface area contributed by atoms with Crippen LogP contribution in [0.5, 0.6) is 0 Å². The third kappa shape index (κ3) is 2.88. The first-order chi connectivity index (χ1) is 8.58. The van der Waals surface area contributed by atoms with Gasteiger partial charge < -0.3 is 10.0 Å². The van der Waals surface area contributed by atoms with Crippen LogP contribution in [0.4, 0.5) is 0 Å². The van der Waals surface area contributed by atoms with Crippen LogP contribution in [0.2, 0.25) is 0 Å². The van der Waals surface area contributed by atoms with E-state index in [0.29, 0.717) is 6.54 Å². The molecule has 98 valence electrons. The Labute approximate surface area is 109 Å². The van der Waals surface area contributed by atoms with Crippen molar-refractivity contribution in [3.05, 3.63) is 21.9 Å². The number of nitrogens with zero attached hydrogens (tertiary/aromatic N) is 1. The van der Waals surface area contributed by atoms with Gasteiger partial charge in [-0.1, -0.05) is 0 Å². The van der Waals surface area contributed by atoms with Crippen LogP contribution >= 0.6 is 11.3 Å². The standard InChI is InChI=1S/C12H16N2O3S/c1-8(12(16)17)13-6-11(15)14-4-2-10-9(7-14)3-5-18-10/h3,5,8,13H,2,4,6-7H2,1H3,(H,16,17)/t8-/m0/s1.